The zero-order chi connectivity index (χ0) is 12.7. The molecule has 0 fully saturated rings. The lowest BCUT2D eigenvalue weighted by Gasteiger charge is -2.07. The van der Waals surface area contributed by atoms with Crippen molar-refractivity contribution < 1.29 is 9.53 Å². The molecule has 0 saturated heterocycles. The number of benzene rings is 1. The third-order valence-electron chi connectivity index (χ3n) is 1.81. The summed E-state index contributed by atoms with van der Waals surface area (Å²) in [7, 11) is 0. The third kappa shape index (κ3) is 4.18. The summed E-state index contributed by atoms with van der Waals surface area (Å²) >= 11 is 3.24. The van der Waals surface area contributed by atoms with Crippen molar-refractivity contribution in [2.24, 2.45) is 0 Å². The largest absolute Gasteiger partial charge is 0.482 e. The Labute approximate surface area is 108 Å². The number of carbonyl (C=O) groups is 1. The normalized spacial score (nSPS) is 8.88. The molecule has 1 amide bonds. The van der Waals surface area contributed by atoms with Crippen molar-refractivity contribution in [3.8, 4) is 24.2 Å². The summed E-state index contributed by atoms with van der Waals surface area (Å²) in [6, 6.07) is 6.96. The predicted octanol–water partition coefficient (Wildman–Crippen LogP) is 1.45. The topological polar surface area (TPSA) is 62.1 Å². The Hall–Kier alpha value is -1.98. The van der Waals surface area contributed by atoms with Crippen LogP contribution in [0.2, 0.25) is 0 Å². The maximum atomic E-state index is 11.2. The highest BCUT2D eigenvalue weighted by molar-refractivity contribution is 9.10. The third-order valence-corrected chi connectivity index (χ3v) is 2.30. The van der Waals surface area contributed by atoms with Crippen LogP contribution in [0.4, 0.5) is 0 Å². The van der Waals surface area contributed by atoms with Gasteiger partial charge in [-0.25, -0.2) is 0 Å². The lowest BCUT2D eigenvalue weighted by atomic mass is 10.2. The van der Waals surface area contributed by atoms with Crippen molar-refractivity contribution in [1.82, 2.24) is 5.32 Å². The van der Waals surface area contributed by atoms with Crippen molar-refractivity contribution in [2.75, 3.05) is 13.2 Å². The number of carbonyl (C=O) groups excluding carboxylic acids is 1. The quantitative estimate of drug-likeness (QED) is 0.855. The summed E-state index contributed by atoms with van der Waals surface area (Å²) in [4.78, 5) is 11.2. The summed E-state index contributed by atoms with van der Waals surface area (Å²) < 4.78 is 5.99. The molecule has 0 heterocycles. The van der Waals surface area contributed by atoms with Crippen LogP contribution in [0.1, 0.15) is 5.56 Å². The SMILES string of the molecule is C#CCNC(=O)COc1ccc(Br)cc1C#N. The number of ether oxygens (including phenoxy) is 1. The van der Waals surface area contributed by atoms with E-state index < -0.39 is 0 Å². The molecule has 1 aromatic rings. The fraction of sp³-hybridized carbons (Fsp3) is 0.167. The number of terminal acetylenes is 1. The van der Waals surface area contributed by atoms with Gasteiger partial charge in [0.15, 0.2) is 6.61 Å². The van der Waals surface area contributed by atoms with Gasteiger partial charge in [0, 0.05) is 4.47 Å². The Bertz CT molecular complexity index is 500. The summed E-state index contributed by atoms with van der Waals surface area (Å²) in [5.74, 6) is 2.32. The second-order valence-electron chi connectivity index (χ2n) is 3.02. The lowest BCUT2D eigenvalue weighted by molar-refractivity contribution is -0.122. The van der Waals surface area contributed by atoms with Gasteiger partial charge < -0.3 is 10.1 Å². The van der Waals surface area contributed by atoms with Crippen LogP contribution in [0.5, 0.6) is 5.75 Å². The lowest BCUT2D eigenvalue weighted by Crippen LogP contribution is -2.29. The van der Waals surface area contributed by atoms with Crippen LogP contribution in [0.3, 0.4) is 0 Å². The molecule has 0 bridgehead atoms. The predicted molar refractivity (Wildman–Crippen MR) is 66.2 cm³/mol. The zero-order valence-electron chi connectivity index (χ0n) is 8.87. The van der Waals surface area contributed by atoms with E-state index in [0.717, 1.165) is 4.47 Å². The molecule has 0 aliphatic rings. The first kappa shape index (κ1) is 13.1. The highest BCUT2D eigenvalue weighted by atomic mass is 79.9. The van der Waals surface area contributed by atoms with Gasteiger partial charge in [0.05, 0.1) is 12.1 Å². The molecule has 0 aliphatic carbocycles. The summed E-state index contributed by atoms with van der Waals surface area (Å²) in [5.41, 5.74) is 0.365. The van der Waals surface area contributed by atoms with Crippen molar-refractivity contribution in [3.63, 3.8) is 0 Å². The molecule has 1 N–H and O–H groups in total. The van der Waals surface area contributed by atoms with Crippen molar-refractivity contribution in [2.45, 2.75) is 0 Å². The van der Waals surface area contributed by atoms with Crippen LogP contribution < -0.4 is 10.1 Å². The zero-order valence-corrected chi connectivity index (χ0v) is 10.5. The fourth-order valence-corrected chi connectivity index (χ4v) is 1.42. The monoisotopic (exact) mass is 292 g/mol. The van der Waals surface area contributed by atoms with E-state index in [1.165, 1.54) is 0 Å². The summed E-state index contributed by atoms with van der Waals surface area (Å²) in [6.07, 6.45) is 4.99. The Morgan fingerprint density at radius 2 is 2.35 bits per heavy atom. The van der Waals surface area contributed by atoms with E-state index in [1.807, 2.05) is 6.07 Å². The first-order chi connectivity index (χ1) is 8.17. The number of rotatable bonds is 4. The molecule has 0 unspecified atom stereocenters. The van der Waals surface area contributed by atoms with Gasteiger partial charge in [0.1, 0.15) is 11.8 Å². The molecule has 86 valence electrons. The molecular formula is C12H9BrN2O2. The van der Waals surface area contributed by atoms with E-state index in [4.69, 9.17) is 16.4 Å². The van der Waals surface area contributed by atoms with Crippen LogP contribution in [0.25, 0.3) is 0 Å². The van der Waals surface area contributed by atoms with E-state index in [-0.39, 0.29) is 19.1 Å². The van der Waals surface area contributed by atoms with Crippen LogP contribution in [-0.4, -0.2) is 19.1 Å². The van der Waals surface area contributed by atoms with Crippen LogP contribution in [0.15, 0.2) is 22.7 Å². The van der Waals surface area contributed by atoms with Crippen LogP contribution in [-0.2, 0) is 4.79 Å². The molecule has 0 saturated carbocycles. The maximum Gasteiger partial charge on any atom is 0.258 e. The number of hydrogen-bond donors (Lipinski definition) is 1. The number of amides is 1. The van der Waals surface area contributed by atoms with Gasteiger partial charge in [-0.05, 0) is 18.2 Å². The van der Waals surface area contributed by atoms with Gasteiger partial charge in [-0.2, -0.15) is 5.26 Å². The fourth-order valence-electron chi connectivity index (χ4n) is 1.06. The Balaban J connectivity index is 2.61. The average molecular weight is 293 g/mol. The maximum absolute atomic E-state index is 11.2. The minimum atomic E-state index is -0.324. The second kappa shape index (κ2) is 6.57. The average Bonchev–Trinajstić information content (AvgIpc) is 2.34. The molecule has 1 aromatic carbocycles. The van der Waals surface area contributed by atoms with E-state index >= 15 is 0 Å². The molecule has 5 heteroatoms. The summed E-state index contributed by atoms with van der Waals surface area (Å²) in [6.45, 7) is -0.00830. The Morgan fingerprint density at radius 3 is 3.00 bits per heavy atom. The van der Waals surface area contributed by atoms with Gasteiger partial charge >= 0.3 is 0 Å². The molecule has 0 spiro atoms. The van der Waals surface area contributed by atoms with Crippen molar-refractivity contribution in [3.05, 3.63) is 28.2 Å². The highest BCUT2D eigenvalue weighted by Gasteiger charge is 2.06. The van der Waals surface area contributed by atoms with Crippen LogP contribution >= 0.6 is 15.9 Å². The molecule has 0 aromatic heterocycles. The minimum Gasteiger partial charge on any atom is -0.482 e. The molecule has 0 atom stereocenters. The standard InChI is InChI=1S/C12H9BrN2O2/c1-2-5-15-12(16)8-17-11-4-3-10(13)6-9(11)7-14/h1,3-4,6H,5,8H2,(H,15,16). The van der Waals surface area contributed by atoms with Gasteiger partial charge in [-0.3, -0.25) is 4.79 Å². The molecule has 4 nitrogen and oxygen atoms in total. The molecular weight excluding hydrogens is 284 g/mol. The number of nitrogens with one attached hydrogen (secondary N) is 1. The molecule has 0 aliphatic heterocycles. The second-order valence-corrected chi connectivity index (χ2v) is 3.94. The molecule has 17 heavy (non-hydrogen) atoms. The Kier molecular flexibility index (Phi) is 5.06. The Morgan fingerprint density at radius 1 is 1.59 bits per heavy atom. The molecule has 0 radical (unpaired) electrons. The first-order valence-electron chi connectivity index (χ1n) is 4.70. The van der Waals surface area contributed by atoms with Gasteiger partial charge in [0.25, 0.3) is 5.91 Å². The van der Waals surface area contributed by atoms with Gasteiger partial charge in [0.2, 0.25) is 0 Å². The van der Waals surface area contributed by atoms with Crippen molar-refractivity contribution >= 4 is 21.8 Å². The van der Waals surface area contributed by atoms with E-state index in [9.17, 15) is 4.79 Å². The number of hydrogen-bond acceptors (Lipinski definition) is 3. The number of halogens is 1. The van der Waals surface area contributed by atoms with E-state index in [1.54, 1.807) is 18.2 Å². The number of nitrogens with zero attached hydrogens (tertiary/aromatic N) is 1. The first-order valence-corrected chi connectivity index (χ1v) is 5.49. The van der Waals surface area contributed by atoms with Gasteiger partial charge in [-0.1, -0.05) is 21.9 Å². The number of nitriles is 1. The smallest absolute Gasteiger partial charge is 0.258 e. The van der Waals surface area contributed by atoms with E-state index in [0.29, 0.717) is 11.3 Å². The molecule has 1 rings (SSSR count). The minimum absolute atomic E-state index is 0.160. The summed E-state index contributed by atoms with van der Waals surface area (Å²) in [5, 5.41) is 11.3. The van der Waals surface area contributed by atoms with Crippen molar-refractivity contribution in [1.29, 1.82) is 5.26 Å². The van der Waals surface area contributed by atoms with E-state index in [2.05, 4.69) is 27.2 Å². The highest BCUT2D eigenvalue weighted by Crippen LogP contribution is 2.22. The van der Waals surface area contributed by atoms with Crippen LogP contribution in [0, 0.1) is 23.7 Å². The van der Waals surface area contributed by atoms with Gasteiger partial charge in [-0.15, -0.1) is 6.42 Å².